The minimum atomic E-state index is -2.98. The van der Waals surface area contributed by atoms with Crippen molar-refractivity contribution in [3.8, 4) is 0 Å². The lowest BCUT2D eigenvalue weighted by molar-refractivity contribution is 0.219. The van der Waals surface area contributed by atoms with Gasteiger partial charge in [0.15, 0.2) is 0 Å². The Morgan fingerprint density at radius 3 is 2.00 bits per heavy atom. The lowest BCUT2D eigenvalue weighted by atomic mass is 10.4. The summed E-state index contributed by atoms with van der Waals surface area (Å²) in [6, 6.07) is 18.8. The van der Waals surface area contributed by atoms with Gasteiger partial charge < -0.3 is 0 Å². The normalized spacial score (nSPS) is 25.4. The molecule has 0 bridgehead atoms. The number of urea groups is 1. The van der Waals surface area contributed by atoms with E-state index in [1.807, 2.05) is 60.7 Å². The van der Waals surface area contributed by atoms with E-state index in [9.17, 15) is 9.36 Å². The molecule has 0 aliphatic carbocycles. The van der Waals surface area contributed by atoms with Crippen molar-refractivity contribution in [1.82, 2.24) is 9.34 Å². The number of carbonyl (C=O) groups is 1. The van der Waals surface area contributed by atoms with E-state index >= 15 is 0 Å². The minimum absolute atomic E-state index is 0.183. The molecule has 2 aromatic carbocycles. The number of rotatable bonds is 2. The van der Waals surface area contributed by atoms with E-state index in [0.717, 1.165) is 10.6 Å². The molecule has 0 radical (unpaired) electrons. The molecule has 2 amide bonds. The minimum Gasteiger partial charge on any atom is -0.294 e. The monoisotopic (exact) mass is 318 g/mol. The van der Waals surface area contributed by atoms with Crippen LogP contribution in [-0.2, 0) is 4.57 Å². The van der Waals surface area contributed by atoms with Crippen molar-refractivity contribution in [2.24, 2.45) is 0 Å². The molecule has 3 rings (SSSR count). The Kier molecular flexibility index (Phi) is 3.61. The van der Waals surface area contributed by atoms with Crippen molar-refractivity contribution >= 4 is 31.4 Å². The molecule has 21 heavy (non-hydrogen) atoms. The first-order chi connectivity index (χ1) is 10.1. The second kappa shape index (κ2) is 5.29. The highest BCUT2D eigenvalue weighted by Crippen LogP contribution is 2.80. The van der Waals surface area contributed by atoms with E-state index in [-0.39, 0.29) is 6.03 Å². The topological polar surface area (TPSA) is 40.6 Å². The number of hydrogen-bond acceptors (Lipinski definition) is 2. The summed E-state index contributed by atoms with van der Waals surface area (Å²) in [4.78, 5) is 12.4. The molecule has 1 aliphatic rings. The summed E-state index contributed by atoms with van der Waals surface area (Å²) in [5, 5.41) is 1.69. The Morgan fingerprint density at radius 2 is 1.43 bits per heavy atom. The van der Waals surface area contributed by atoms with Gasteiger partial charge in [-0.05, 0) is 12.1 Å². The average Bonchev–Trinajstić information content (AvgIpc) is 2.71. The zero-order valence-electron chi connectivity index (χ0n) is 11.9. The van der Waals surface area contributed by atoms with E-state index in [0.29, 0.717) is 0 Å². The maximum absolute atomic E-state index is 13.8. The number of carbonyl (C=O) groups excluding carboxylic acids is 1. The van der Waals surface area contributed by atoms with Gasteiger partial charge in [-0.1, -0.05) is 48.5 Å². The smallest absolute Gasteiger partial charge is 0.294 e. The van der Waals surface area contributed by atoms with Crippen LogP contribution in [0.3, 0.4) is 0 Å². The molecule has 1 aliphatic heterocycles. The molecule has 0 saturated carbocycles. The van der Waals surface area contributed by atoms with Crippen LogP contribution in [0.1, 0.15) is 0 Å². The summed E-state index contributed by atoms with van der Waals surface area (Å²) in [6.45, 7) is -2.98. The Bertz CT molecular complexity index is 706. The molecular weight excluding hydrogens is 302 g/mol. The van der Waals surface area contributed by atoms with Gasteiger partial charge in [0.2, 0.25) is 6.98 Å². The Balaban J connectivity index is 2.20. The molecular formula is C15H16N2O2P2. The van der Waals surface area contributed by atoms with Crippen LogP contribution in [0.2, 0.25) is 0 Å². The first-order valence-corrected chi connectivity index (χ1v) is 10.3. The molecule has 6 heteroatoms. The summed E-state index contributed by atoms with van der Waals surface area (Å²) in [5.41, 5.74) is 0. The van der Waals surface area contributed by atoms with Gasteiger partial charge in [0, 0.05) is 24.7 Å². The second-order valence-corrected chi connectivity index (χ2v) is 11.5. The predicted molar refractivity (Wildman–Crippen MR) is 87.6 cm³/mol. The maximum Gasteiger partial charge on any atom is 0.329 e. The van der Waals surface area contributed by atoms with Gasteiger partial charge in [0.05, 0.1) is 0 Å². The summed E-state index contributed by atoms with van der Waals surface area (Å²) in [7, 11) is 2.14. The van der Waals surface area contributed by atoms with Gasteiger partial charge in [-0.15, -0.1) is 0 Å². The number of amides is 2. The molecule has 108 valence electrons. The highest BCUT2D eigenvalue weighted by Gasteiger charge is 2.53. The summed E-state index contributed by atoms with van der Waals surface area (Å²) < 4.78 is 16.9. The van der Waals surface area contributed by atoms with Crippen molar-refractivity contribution in [2.45, 2.75) is 0 Å². The first kappa shape index (κ1) is 14.3. The van der Waals surface area contributed by atoms with Gasteiger partial charge in [0.1, 0.15) is 7.76 Å². The zero-order valence-corrected chi connectivity index (χ0v) is 13.7. The highest BCUT2D eigenvalue weighted by molar-refractivity contribution is 8.38. The quantitative estimate of drug-likeness (QED) is 0.798. The van der Waals surface area contributed by atoms with Crippen molar-refractivity contribution in [2.75, 3.05) is 14.1 Å². The second-order valence-electron chi connectivity index (χ2n) is 4.83. The molecule has 0 N–H and O–H groups in total. The van der Waals surface area contributed by atoms with Gasteiger partial charge in [-0.25, -0.2) is 4.79 Å². The highest BCUT2D eigenvalue weighted by atomic mass is 32.1. The van der Waals surface area contributed by atoms with Crippen LogP contribution in [0.4, 0.5) is 4.79 Å². The largest absolute Gasteiger partial charge is 0.329 e. The van der Waals surface area contributed by atoms with Gasteiger partial charge in [-0.3, -0.25) is 13.9 Å². The number of benzene rings is 2. The fourth-order valence-corrected chi connectivity index (χ4v) is 10.8. The number of hydrogen-bond donors (Lipinski definition) is 0. The Morgan fingerprint density at radius 1 is 0.905 bits per heavy atom. The summed E-state index contributed by atoms with van der Waals surface area (Å²) in [6.07, 6.45) is 0. The van der Waals surface area contributed by atoms with E-state index in [1.54, 1.807) is 18.8 Å². The molecule has 0 spiro atoms. The predicted octanol–water partition coefficient (Wildman–Crippen LogP) is 3.22. The third-order valence-corrected chi connectivity index (χ3v) is 12.1. The molecule has 2 unspecified atom stereocenters. The lowest BCUT2D eigenvalue weighted by Gasteiger charge is -2.25. The standard InChI is InChI=1S/C15H16N2O2P2/c1-16-15(18)17(2)21(19,14-11-7-4-8-12-14)20(16)13-9-5-3-6-10-13/h3-12H,1-2H3. The van der Waals surface area contributed by atoms with Gasteiger partial charge in [-0.2, -0.15) is 0 Å². The fraction of sp³-hybridized carbons (Fsp3) is 0.133. The van der Waals surface area contributed by atoms with Crippen molar-refractivity contribution in [1.29, 1.82) is 0 Å². The van der Waals surface area contributed by atoms with Crippen LogP contribution in [0, 0.1) is 0 Å². The van der Waals surface area contributed by atoms with E-state index in [4.69, 9.17) is 0 Å². The fourth-order valence-electron chi connectivity index (χ4n) is 2.51. The molecule has 0 aromatic heterocycles. The van der Waals surface area contributed by atoms with Crippen molar-refractivity contribution in [3.05, 3.63) is 60.7 Å². The summed E-state index contributed by atoms with van der Waals surface area (Å²) in [5.74, 6) is 0. The molecule has 1 heterocycles. The molecule has 1 fully saturated rings. The SMILES string of the molecule is CN1C(=O)N(C)P(=O)(c2ccccc2)P1c1ccccc1. The summed E-state index contributed by atoms with van der Waals surface area (Å²) >= 11 is 0. The Labute approximate surface area is 125 Å². The van der Waals surface area contributed by atoms with Gasteiger partial charge in [0.25, 0.3) is 0 Å². The molecule has 1 saturated heterocycles. The van der Waals surface area contributed by atoms with Crippen molar-refractivity contribution < 1.29 is 9.36 Å². The van der Waals surface area contributed by atoms with Crippen LogP contribution in [0.15, 0.2) is 60.7 Å². The molecule has 2 atom stereocenters. The number of nitrogens with zero attached hydrogens (tertiary/aromatic N) is 2. The average molecular weight is 318 g/mol. The van der Waals surface area contributed by atoms with Crippen LogP contribution in [-0.4, -0.2) is 29.5 Å². The van der Waals surface area contributed by atoms with Crippen LogP contribution >= 0.6 is 14.7 Å². The van der Waals surface area contributed by atoms with E-state index in [1.165, 1.54) is 4.67 Å². The molecule has 4 nitrogen and oxygen atoms in total. The molecule has 2 aromatic rings. The van der Waals surface area contributed by atoms with Crippen LogP contribution in [0.25, 0.3) is 0 Å². The van der Waals surface area contributed by atoms with E-state index < -0.39 is 14.7 Å². The van der Waals surface area contributed by atoms with E-state index in [2.05, 4.69) is 0 Å². The Hall–Kier alpha value is -1.63. The third kappa shape index (κ3) is 2.10. The van der Waals surface area contributed by atoms with Crippen LogP contribution in [0.5, 0.6) is 0 Å². The third-order valence-electron chi connectivity index (χ3n) is 3.58. The first-order valence-electron chi connectivity index (χ1n) is 6.60. The van der Waals surface area contributed by atoms with Crippen molar-refractivity contribution in [3.63, 3.8) is 0 Å². The van der Waals surface area contributed by atoms with Crippen LogP contribution < -0.4 is 10.6 Å². The lowest BCUT2D eigenvalue weighted by Crippen LogP contribution is -2.25. The maximum atomic E-state index is 13.8. The van der Waals surface area contributed by atoms with Gasteiger partial charge >= 0.3 is 6.03 Å². The zero-order chi connectivity index (χ0) is 15.0.